The van der Waals surface area contributed by atoms with Gasteiger partial charge in [0.1, 0.15) is 0 Å². The minimum Gasteiger partial charge on any atom is -0.338 e. The van der Waals surface area contributed by atoms with Crippen molar-refractivity contribution in [3.8, 4) is 0 Å². The molecule has 2 aliphatic rings. The van der Waals surface area contributed by atoms with Gasteiger partial charge in [0, 0.05) is 45.8 Å². The molecule has 2 fully saturated rings. The molecule has 1 atom stereocenters. The number of carbonyl (C=O) groups excluding carboxylic acids is 2. The summed E-state index contributed by atoms with van der Waals surface area (Å²) in [5.41, 5.74) is 1.18. The van der Waals surface area contributed by atoms with Crippen LogP contribution >= 0.6 is 0 Å². The highest BCUT2D eigenvalue weighted by Crippen LogP contribution is 2.21. The van der Waals surface area contributed by atoms with Gasteiger partial charge in [-0.25, -0.2) is 4.79 Å². The van der Waals surface area contributed by atoms with Gasteiger partial charge in [0.05, 0.1) is 6.04 Å². The van der Waals surface area contributed by atoms with Crippen LogP contribution in [0.1, 0.15) is 31.7 Å². The number of likely N-dealkylation sites (tertiary alicyclic amines) is 1. The molecule has 2 saturated heterocycles. The normalized spacial score (nSPS) is 21.7. The Balaban J connectivity index is 1.53. The maximum atomic E-state index is 12.9. The Hall–Kier alpha value is -2.08. The van der Waals surface area contributed by atoms with Crippen molar-refractivity contribution in [2.45, 2.75) is 38.8 Å². The average Bonchev–Trinajstić information content (AvgIpc) is 2.87. The fourth-order valence-corrected chi connectivity index (χ4v) is 3.82. The summed E-state index contributed by atoms with van der Waals surface area (Å²) in [7, 11) is 0. The maximum absolute atomic E-state index is 12.9. The summed E-state index contributed by atoms with van der Waals surface area (Å²) in [6.45, 7) is 7.39. The van der Waals surface area contributed by atoms with Crippen LogP contribution in [-0.4, -0.2) is 71.9 Å². The van der Waals surface area contributed by atoms with Crippen molar-refractivity contribution < 1.29 is 9.59 Å². The van der Waals surface area contributed by atoms with E-state index in [0.717, 1.165) is 45.4 Å². The summed E-state index contributed by atoms with van der Waals surface area (Å²) < 4.78 is 0. The molecule has 142 valence electrons. The van der Waals surface area contributed by atoms with Crippen LogP contribution in [0.3, 0.4) is 0 Å². The third-order valence-corrected chi connectivity index (χ3v) is 5.27. The minimum atomic E-state index is -0.0302. The van der Waals surface area contributed by atoms with E-state index in [2.05, 4.69) is 29.3 Å². The molecule has 3 rings (SSSR count). The second kappa shape index (κ2) is 9.03. The van der Waals surface area contributed by atoms with Crippen molar-refractivity contribution in [2.24, 2.45) is 0 Å². The Morgan fingerprint density at radius 1 is 1.12 bits per heavy atom. The number of urea groups is 1. The lowest BCUT2D eigenvalue weighted by molar-refractivity contribution is -0.132. The molecule has 0 radical (unpaired) electrons. The SMILES string of the molecule is CCCNC(=O)N1CCCN(C2CCN(Cc3ccccc3)C2=O)CC1. The number of hydrogen-bond acceptors (Lipinski definition) is 3. The number of hydrogen-bond donors (Lipinski definition) is 1. The number of nitrogens with one attached hydrogen (secondary N) is 1. The lowest BCUT2D eigenvalue weighted by Crippen LogP contribution is -2.45. The molecular weight excluding hydrogens is 328 g/mol. The Morgan fingerprint density at radius 2 is 1.92 bits per heavy atom. The standard InChI is InChI=1S/C20H30N4O2/c1-2-10-21-20(26)23-12-6-11-22(14-15-23)18-9-13-24(19(18)25)16-17-7-4-3-5-8-17/h3-5,7-8,18H,2,6,9-16H2,1H3,(H,21,26). The van der Waals surface area contributed by atoms with Crippen LogP contribution in [0, 0.1) is 0 Å². The first-order valence-electron chi connectivity index (χ1n) is 9.78. The molecule has 6 heteroatoms. The van der Waals surface area contributed by atoms with Crippen molar-refractivity contribution in [3.05, 3.63) is 35.9 Å². The van der Waals surface area contributed by atoms with Crippen LogP contribution in [0.15, 0.2) is 30.3 Å². The third kappa shape index (κ3) is 4.55. The molecule has 1 unspecified atom stereocenters. The van der Waals surface area contributed by atoms with Gasteiger partial charge in [-0.3, -0.25) is 9.69 Å². The van der Waals surface area contributed by atoms with E-state index < -0.39 is 0 Å². The molecule has 1 N–H and O–H groups in total. The second-order valence-electron chi connectivity index (χ2n) is 7.16. The zero-order valence-electron chi connectivity index (χ0n) is 15.7. The summed E-state index contributed by atoms with van der Waals surface area (Å²) in [6.07, 6.45) is 2.75. The summed E-state index contributed by atoms with van der Waals surface area (Å²) in [5, 5.41) is 2.95. The fraction of sp³-hybridized carbons (Fsp3) is 0.600. The van der Waals surface area contributed by atoms with Crippen LogP contribution < -0.4 is 5.32 Å². The van der Waals surface area contributed by atoms with Crippen LogP contribution in [0.25, 0.3) is 0 Å². The Morgan fingerprint density at radius 3 is 2.69 bits per heavy atom. The van der Waals surface area contributed by atoms with Crippen molar-refractivity contribution in [1.29, 1.82) is 0 Å². The van der Waals surface area contributed by atoms with Crippen LogP contribution in [0.4, 0.5) is 4.79 Å². The van der Waals surface area contributed by atoms with Gasteiger partial charge in [-0.2, -0.15) is 0 Å². The molecule has 0 saturated carbocycles. The molecule has 3 amide bonds. The van der Waals surface area contributed by atoms with E-state index in [4.69, 9.17) is 0 Å². The first-order chi connectivity index (χ1) is 12.7. The monoisotopic (exact) mass is 358 g/mol. The predicted molar refractivity (Wildman–Crippen MR) is 102 cm³/mol. The van der Waals surface area contributed by atoms with E-state index in [1.165, 1.54) is 5.56 Å². The molecule has 0 spiro atoms. The van der Waals surface area contributed by atoms with Crippen LogP contribution in [0.5, 0.6) is 0 Å². The van der Waals surface area contributed by atoms with E-state index in [1.807, 2.05) is 28.0 Å². The van der Waals surface area contributed by atoms with Crippen LogP contribution in [0.2, 0.25) is 0 Å². The topological polar surface area (TPSA) is 55.9 Å². The number of amides is 3. The number of nitrogens with zero attached hydrogens (tertiary/aromatic N) is 3. The predicted octanol–water partition coefficient (Wildman–Crippen LogP) is 1.91. The first-order valence-corrected chi connectivity index (χ1v) is 9.78. The lowest BCUT2D eigenvalue weighted by atomic mass is 10.2. The summed E-state index contributed by atoms with van der Waals surface area (Å²) in [4.78, 5) is 31.2. The molecule has 1 aromatic carbocycles. The number of benzene rings is 1. The fourth-order valence-electron chi connectivity index (χ4n) is 3.82. The molecule has 6 nitrogen and oxygen atoms in total. The van der Waals surface area contributed by atoms with Gasteiger partial charge >= 0.3 is 6.03 Å². The molecule has 1 aromatic rings. The van der Waals surface area contributed by atoms with E-state index in [9.17, 15) is 9.59 Å². The highest BCUT2D eigenvalue weighted by atomic mass is 16.2. The summed E-state index contributed by atoms with van der Waals surface area (Å²) in [6, 6.07) is 10.2. The first kappa shape index (κ1) is 18.7. The molecule has 2 aliphatic heterocycles. The molecule has 2 heterocycles. The van der Waals surface area contributed by atoms with Gasteiger partial charge in [-0.15, -0.1) is 0 Å². The minimum absolute atomic E-state index is 0.0251. The molecule has 0 bridgehead atoms. The average molecular weight is 358 g/mol. The van der Waals surface area contributed by atoms with Crippen molar-refractivity contribution in [3.63, 3.8) is 0 Å². The Kier molecular flexibility index (Phi) is 6.50. The molecule has 26 heavy (non-hydrogen) atoms. The van der Waals surface area contributed by atoms with Gasteiger partial charge in [0.15, 0.2) is 0 Å². The summed E-state index contributed by atoms with van der Waals surface area (Å²) in [5.74, 6) is 0.234. The van der Waals surface area contributed by atoms with E-state index in [1.54, 1.807) is 0 Å². The van der Waals surface area contributed by atoms with Gasteiger partial charge < -0.3 is 15.1 Å². The summed E-state index contributed by atoms with van der Waals surface area (Å²) >= 11 is 0. The Labute approximate surface area is 156 Å². The zero-order valence-corrected chi connectivity index (χ0v) is 15.7. The largest absolute Gasteiger partial charge is 0.338 e. The van der Waals surface area contributed by atoms with Crippen molar-refractivity contribution >= 4 is 11.9 Å². The van der Waals surface area contributed by atoms with E-state index >= 15 is 0 Å². The highest BCUT2D eigenvalue weighted by molar-refractivity contribution is 5.84. The van der Waals surface area contributed by atoms with Crippen molar-refractivity contribution in [2.75, 3.05) is 39.3 Å². The van der Waals surface area contributed by atoms with E-state index in [-0.39, 0.29) is 18.0 Å². The third-order valence-electron chi connectivity index (χ3n) is 5.27. The van der Waals surface area contributed by atoms with Gasteiger partial charge in [0.2, 0.25) is 5.91 Å². The Bertz CT molecular complexity index is 607. The van der Waals surface area contributed by atoms with Gasteiger partial charge in [-0.05, 0) is 24.8 Å². The lowest BCUT2D eigenvalue weighted by Gasteiger charge is -2.26. The van der Waals surface area contributed by atoms with E-state index in [0.29, 0.717) is 19.6 Å². The van der Waals surface area contributed by atoms with Crippen molar-refractivity contribution in [1.82, 2.24) is 20.0 Å². The highest BCUT2D eigenvalue weighted by Gasteiger charge is 2.36. The van der Waals surface area contributed by atoms with Gasteiger partial charge in [-0.1, -0.05) is 37.3 Å². The maximum Gasteiger partial charge on any atom is 0.317 e. The second-order valence-corrected chi connectivity index (χ2v) is 7.16. The molecular formula is C20H30N4O2. The van der Waals surface area contributed by atoms with Crippen LogP contribution in [-0.2, 0) is 11.3 Å². The molecule has 0 aliphatic carbocycles. The number of rotatable bonds is 5. The smallest absolute Gasteiger partial charge is 0.317 e. The quantitative estimate of drug-likeness (QED) is 0.875. The van der Waals surface area contributed by atoms with Gasteiger partial charge in [0.25, 0.3) is 0 Å². The zero-order chi connectivity index (χ0) is 18.4. The number of carbonyl (C=O) groups is 2. The molecule has 0 aromatic heterocycles.